The highest BCUT2D eigenvalue weighted by molar-refractivity contribution is 5.78. The molecule has 8 heteroatoms. The van der Waals surface area contributed by atoms with Crippen LogP contribution in [-0.2, 0) is 22.1 Å². The van der Waals surface area contributed by atoms with Crippen LogP contribution >= 0.6 is 0 Å². The van der Waals surface area contributed by atoms with Gasteiger partial charge in [-0.2, -0.15) is 13.2 Å². The number of benzene rings is 2. The summed E-state index contributed by atoms with van der Waals surface area (Å²) in [6.45, 7) is 4.40. The molecule has 1 aliphatic rings. The number of alkyl halides is 3. The van der Waals surface area contributed by atoms with Crippen molar-refractivity contribution in [1.82, 2.24) is 10.2 Å². The molecular formula is C23H26F4N2O2. The van der Waals surface area contributed by atoms with E-state index in [-0.39, 0.29) is 30.7 Å². The minimum absolute atomic E-state index is 0.192. The zero-order chi connectivity index (χ0) is 22.4. The molecule has 168 valence electrons. The summed E-state index contributed by atoms with van der Waals surface area (Å²) in [5.41, 5.74) is 0.483. The second-order valence-electron chi connectivity index (χ2n) is 7.77. The third-order valence-electron chi connectivity index (χ3n) is 5.43. The first-order valence-corrected chi connectivity index (χ1v) is 10.2. The van der Waals surface area contributed by atoms with Crippen LogP contribution in [0.25, 0.3) is 0 Å². The van der Waals surface area contributed by atoms with Gasteiger partial charge >= 0.3 is 6.18 Å². The van der Waals surface area contributed by atoms with Gasteiger partial charge in [0.1, 0.15) is 5.82 Å². The summed E-state index contributed by atoms with van der Waals surface area (Å²) in [5.74, 6) is -1.12. The molecule has 2 unspecified atom stereocenters. The zero-order valence-electron chi connectivity index (χ0n) is 17.3. The minimum Gasteiger partial charge on any atom is -0.379 e. The maximum Gasteiger partial charge on any atom is 0.416 e. The molecule has 0 saturated carbocycles. The van der Waals surface area contributed by atoms with Crippen molar-refractivity contribution in [1.29, 1.82) is 0 Å². The van der Waals surface area contributed by atoms with Gasteiger partial charge in [0.25, 0.3) is 0 Å². The second-order valence-corrected chi connectivity index (χ2v) is 7.77. The first-order valence-electron chi connectivity index (χ1n) is 10.2. The fourth-order valence-electron chi connectivity index (χ4n) is 3.75. The Hall–Kier alpha value is -2.45. The number of rotatable bonds is 7. The Kier molecular flexibility index (Phi) is 7.67. The van der Waals surface area contributed by atoms with Gasteiger partial charge in [-0.1, -0.05) is 37.3 Å². The number of amides is 1. The Morgan fingerprint density at radius 2 is 1.84 bits per heavy atom. The van der Waals surface area contributed by atoms with Crippen LogP contribution in [0.3, 0.4) is 0 Å². The summed E-state index contributed by atoms with van der Waals surface area (Å²) < 4.78 is 57.9. The van der Waals surface area contributed by atoms with Crippen molar-refractivity contribution in [3.63, 3.8) is 0 Å². The number of morpholine rings is 1. The van der Waals surface area contributed by atoms with E-state index in [0.29, 0.717) is 31.9 Å². The van der Waals surface area contributed by atoms with E-state index in [1.54, 1.807) is 19.1 Å². The van der Waals surface area contributed by atoms with Gasteiger partial charge in [-0.25, -0.2) is 4.39 Å². The average Bonchev–Trinajstić information content (AvgIpc) is 2.74. The van der Waals surface area contributed by atoms with Crippen molar-refractivity contribution < 1.29 is 27.1 Å². The summed E-state index contributed by atoms with van der Waals surface area (Å²) in [7, 11) is 0. The van der Waals surface area contributed by atoms with E-state index in [1.165, 1.54) is 18.2 Å². The van der Waals surface area contributed by atoms with Gasteiger partial charge in [-0.3, -0.25) is 9.69 Å². The molecular weight excluding hydrogens is 412 g/mol. The Bertz CT molecular complexity index is 882. The molecule has 1 fully saturated rings. The van der Waals surface area contributed by atoms with Crippen LogP contribution in [0.2, 0.25) is 0 Å². The summed E-state index contributed by atoms with van der Waals surface area (Å²) in [4.78, 5) is 14.8. The fraction of sp³-hybridized carbons (Fsp3) is 0.435. The van der Waals surface area contributed by atoms with E-state index in [0.717, 1.165) is 17.7 Å². The van der Waals surface area contributed by atoms with Crippen LogP contribution in [0.4, 0.5) is 17.6 Å². The molecule has 31 heavy (non-hydrogen) atoms. The van der Waals surface area contributed by atoms with Gasteiger partial charge in [0.2, 0.25) is 5.91 Å². The molecule has 1 aliphatic heterocycles. The maximum absolute atomic E-state index is 13.8. The van der Waals surface area contributed by atoms with Crippen molar-refractivity contribution >= 4 is 5.91 Å². The lowest BCUT2D eigenvalue weighted by Gasteiger charge is -2.35. The molecule has 3 rings (SSSR count). The zero-order valence-corrected chi connectivity index (χ0v) is 17.3. The largest absolute Gasteiger partial charge is 0.416 e. The first kappa shape index (κ1) is 23.2. The lowest BCUT2D eigenvalue weighted by Crippen LogP contribution is -2.44. The fourth-order valence-corrected chi connectivity index (χ4v) is 3.75. The second kappa shape index (κ2) is 10.2. The lowest BCUT2D eigenvalue weighted by molar-refractivity contribution is -0.137. The molecule has 1 amide bonds. The molecule has 1 saturated heterocycles. The van der Waals surface area contributed by atoms with Gasteiger partial charge in [-0.15, -0.1) is 0 Å². The summed E-state index contributed by atoms with van der Waals surface area (Å²) in [6, 6.07) is 11.1. The number of ether oxygens (including phenoxy) is 1. The monoisotopic (exact) mass is 438 g/mol. The van der Waals surface area contributed by atoms with E-state index in [9.17, 15) is 22.4 Å². The lowest BCUT2D eigenvalue weighted by atomic mass is 9.98. The van der Waals surface area contributed by atoms with Crippen LogP contribution in [0.5, 0.6) is 0 Å². The third-order valence-corrected chi connectivity index (χ3v) is 5.43. The molecule has 4 nitrogen and oxygen atoms in total. The van der Waals surface area contributed by atoms with Crippen LogP contribution < -0.4 is 5.32 Å². The van der Waals surface area contributed by atoms with Crippen LogP contribution in [-0.4, -0.2) is 43.7 Å². The van der Waals surface area contributed by atoms with Gasteiger partial charge < -0.3 is 10.1 Å². The van der Waals surface area contributed by atoms with E-state index in [4.69, 9.17) is 4.74 Å². The molecule has 0 aliphatic carbocycles. The van der Waals surface area contributed by atoms with Crippen molar-refractivity contribution in [2.24, 2.45) is 5.92 Å². The van der Waals surface area contributed by atoms with Crippen LogP contribution in [0.1, 0.15) is 29.7 Å². The molecule has 0 bridgehead atoms. The van der Waals surface area contributed by atoms with Crippen LogP contribution in [0, 0.1) is 11.7 Å². The van der Waals surface area contributed by atoms with Crippen molar-refractivity contribution in [3.05, 3.63) is 71.0 Å². The number of hydrogen-bond acceptors (Lipinski definition) is 3. The van der Waals surface area contributed by atoms with E-state index >= 15 is 0 Å². The molecule has 0 aromatic heterocycles. The number of nitrogens with one attached hydrogen (secondary N) is 1. The van der Waals surface area contributed by atoms with E-state index in [2.05, 4.69) is 10.2 Å². The molecule has 2 aromatic carbocycles. The average molecular weight is 438 g/mol. The van der Waals surface area contributed by atoms with E-state index in [1.807, 2.05) is 6.07 Å². The number of carbonyl (C=O) groups excluding carboxylic acids is 1. The van der Waals surface area contributed by atoms with Gasteiger partial charge in [0.15, 0.2) is 0 Å². The summed E-state index contributed by atoms with van der Waals surface area (Å²) >= 11 is 0. The smallest absolute Gasteiger partial charge is 0.379 e. The quantitative estimate of drug-likeness (QED) is 0.659. The predicted octanol–water partition coefficient (Wildman–Crippen LogP) is 4.21. The first-order chi connectivity index (χ1) is 14.7. The Labute approximate surface area is 179 Å². The highest BCUT2D eigenvalue weighted by Crippen LogP contribution is 2.30. The predicted molar refractivity (Wildman–Crippen MR) is 109 cm³/mol. The Morgan fingerprint density at radius 3 is 2.52 bits per heavy atom. The molecule has 2 aromatic rings. The normalized spacial score (nSPS) is 17.2. The number of carbonyl (C=O) groups is 1. The molecule has 0 radical (unpaired) electrons. The molecule has 1 N–H and O–H groups in total. The van der Waals surface area contributed by atoms with Crippen molar-refractivity contribution in [3.8, 4) is 0 Å². The van der Waals surface area contributed by atoms with E-state index < -0.39 is 17.7 Å². The molecule has 1 heterocycles. The standard InChI is InChI=1S/C23H26F4N2O2/c1-16(12-17-4-2-6-19(13-17)23(25,26)27)22(30)28-15-21(29-8-10-31-11-9-29)18-5-3-7-20(24)14-18/h2-7,13-14,16,21H,8-12,15H2,1H3,(H,28,30). The molecule has 2 atom stereocenters. The Morgan fingerprint density at radius 1 is 1.13 bits per heavy atom. The van der Waals surface area contributed by atoms with Crippen molar-refractivity contribution in [2.75, 3.05) is 32.8 Å². The SMILES string of the molecule is CC(Cc1cccc(C(F)(F)F)c1)C(=O)NCC(c1cccc(F)c1)N1CCOCC1. The van der Waals surface area contributed by atoms with Gasteiger partial charge in [0.05, 0.1) is 24.8 Å². The highest BCUT2D eigenvalue weighted by Gasteiger charge is 2.30. The number of hydrogen-bond donors (Lipinski definition) is 1. The summed E-state index contributed by atoms with van der Waals surface area (Å²) in [6.07, 6.45) is -4.23. The topological polar surface area (TPSA) is 41.6 Å². The number of nitrogens with zero attached hydrogens (tertiary/aromatic N) is 1. The third kappa shape index (κ3) is 6.51. The van der Waals surface area contributed by atoms with Gasteiger partial charge in [0, 0.05) is 25.6 Å². The highest BCUT2D eigenvalue weighted by atomic mass is 19.4. The Balaban J connectivity index is 1.65. The summed E-state index contributed by atoms with van der Waals surface area (Å²) in [5, 5.41) is 2.90. The molecule has 0 spiro atoms. The van der Waals surface area contributed by atoms with Crippen molar-refractivity contribution in [2.45, 2.75) is 25.6 Å². The maximum atomic E-state index is 13.8. The minimum atomic E-state index is -4.42. The number of halogens is 4. The van der Waals surface area contributed by atoms with Gasteiger partial charge in [-0.05, 0) is 35.7 Å². The van der Waals surface area contributed by atoms with Crippen LogP contribution in [0.15, 0.2) is 48.5 Å².